The van der Waals surface area contributed by atoms with Gasteiger partial charge in [0.1, 0.15) is 5.69 Å². The number of carbonyl (C=O) groups is 1. The molecule has 1 aliphatic rings. The van der Waals surface area contributed by atoms with Crippen LogP contribution in [0.15, 0.2) is 65.5 Å². The molecule has 26 heavy (non-hydrogen) atoms. The fourth-order valence-electron chi connectivity index (χ4n) is 3.48. The molecule has 1 saturated carbocycles. The van der Waals surface area contributed by atoms with Crippen molar-refractivity contribution in [1.29, 1.82) is 0 Å². The smallest absolute Gasteiger partial charge is 0.295 e. The lowest BCUT2D eigenvalue weighted by Crippen LogP contribution is -2.23. The fourth-order valence-corrected chi connectivity index (χ4v) is 3.48. The van der Waals surface area contributed by atoms with Gasteiger partial charge < -0.3 is 5.32 Å². The number of anilines is 1. The minimum absolute atomic E-state index is 0.0680. The third-order valence-electron chi connectivity index (χ3n) is 5.16. The molecule has 0 unspecified atom stereocenters. The molecular formula is C21H21N3O2. The van der Waals surface area contributed by atoms with Gasteiger partial charge in [0, 0.05) is 13.0 Å². The van der Waals surface area contributed by atoms with Crippen molar-refractivity contribution in [1.82, 2.24) is 9.36 Å². The van der Waals surface area contributed by atoms with Crippen LogP contribution in [0.4, 0.5) is 5.69 Å². The molecule has 1 heterocycles. The number of benzene rings is 2. The summed E-state index contributed by atoms with van der Waals surface area (Å²) in [4.78, 5) is 25.5. The average molecular weight is 347 g/mol. The van der Waals surface area contributed by atoms with Gasteiger partial charge in [-0.05, 0) is 37.0 Å². The van der Waals surface area contributed by atoms with Crippen molar-refractivity contribution < 1.29 is 4.79 Å². The molecule has 1 amide bonds. The highest BCUT2D eigenvalue weighted by Gasteiger charge is 2.44. The van der Waals surface area contributed by atoms with Crippen molar-refractivity contribution >= 4 is 11.6 Å². The Morgan fingerprint density at radius 3 is 2.31 bits per heavy atom. The molecule has 1 N–H and O–H groups in total. The molecule has 0 aliphatic heterocycles. The zero-order valence-corrected chi connectivity index (χ0v) is 14.8. The van der Waals surface area contributed by atoms with Crippen molar-refractivity contribution in [3.05, 3.63) is 82.3 Å². The van der Waals surface area contributed by atoms with Gasteiger partial charge in [0.2, 0.25) is 5.91 Å². The molecule has 2 atom stereocenters. The number of nitrogens with one attached hydrogen (secondary N) is 1. The highest BCUT2D eigenvalue weighted by molar-refractivity contribution is 5.95. The maximum atomic E-state index is 12.9. The van der Waals surface area contributed by atoms with Crippen molar-refractivity contribution in [3.63, 3.8) is 0 Å². The summed E-state index contributed by atoms with van der Waals surface area (Å²) in [6, 6.07) is 19.5. The fraction of sp³-hybridized carbons (Fsp3) is 0.238. The Labute approximate surface area is 151 Å². The monoisotopic (exact) mass is 347 g/mol. The SMILES string of the molecule is Cc1c(NC(=O)[C@@H]2C[C@@H]2c2ccccc2)c(=O)n(-c2ccccc2)n1C. The number of rotatable bonds is 4. The second kappa shape index (κ2) is 6.33. The van der Waals surface area contributed by atoms with Gasteiger partial charge >= 0.3 is 0 Å². The summed E-state index contributed by atoms with van der Waals surface area (Å²) in [6.07, 6.45) is 0.828. The van der Waals surface area contributed by atoms with E-state index in [1.807, 2.05) is 74.6 Å². The number of aromatic nitrogens is 2. The highest BCUT2D eigenvalue weighted by Crippen LogP contribution is 2.47. The van der Waals surface area contributed by atoms with Crippen molar-refractivity contribution in [2.24, 2.45) is 13.0 Å². The zero-order chi connectivity index (χ0) is 18.3. The molecule has 2 aromatic carbocycles. The third kappa shape index (κ3) is 2.75. The van der Waals surface area contributed by atoms with E-state index in [0.29, 0.717) is 5.69 Å². The molecule has 0 saturated heterocycles. The van der Waals surface area contributed by atoms with E-state index < -0.39 is 0 Å². The third-order valence-corrected chi connectivity index (χ3v) is 5.16. The van der Waals surface area contributed by atoms with Gasteiger partial charge in [0.15, 0.2) is 0 Å². The quantitative estimate of drug-likeness (QED) is 0.788. The van der Waals surface area contributed by atoms with Crippen LogP contribution in [0.1, 0.15) is 23.6 Å². The summed E-state index contributed by atoms with van der Waals surface area (Å²) >= 11 is 0. The van der Waals surface area contributed by atoms with Crippen molar-refractivity contribution in [3.8, 4) is 5.69 Å². The number of nitrogens with zero attached hydrogens (tertiary/aromatic N) is 2. The van der Waals surface area contributed by atoms with Gasteiger partial charge in [0.05, 0.1) is 11.4 Å². The van der Waals surface area contributed by atoms with Crippen molar-refractivity contribution in [2.75, 3.05) is 5.32 Å². The minimum Gasteiger partial charge on any atom is -0.320 e. The Morgan fingerprint density at radius 2 is 1.65 bits per heavy atom. The molecule has 5 nitrogen and oxygen atoms in total. The standard InChI is InChI=1S/C21H21N3O2/c1-14-19(21(26)24(23(14)2)16-11-7-4-8-12-16)22-20(25)18-13-17(18)15-9-5-3-6-10-15/h3-12,17-18H,13H2,1-2H3,(H,22,25)/t17-,18-/m1/s1. The molecular weight excluding hydrogens is 326 g/mol. The van der Waals surface area contributed by atoms with E-state index in [1.54, 1.807) is 9.36 Å². The maximum Gasteiger partial charge on any atom is 0.295 e. The predicted molar refractivity (Wildman–Crippen MR) is 102 cm³/mol. The molecule has 0 bridgehead atoms. The minimum atomic E-state index is -0.207. The largest absolute Gasteiger partial charge is 0.320 e. The zero-order valence-electron chi connectivity index (χ0n) is 14.8. The Bertz CT molecular complexity index is 1000. The Balaban J connectivity index is 1.58. The number of para-hydroxylation sites is 1. The summed E-state index contributed by atoms with van der Waals surface area (Å²) in [5, 5.41) is 2.88. The normalized spacial score (nSPS) is 18.5. The summed E-state index contributed by atoms with van der Waals surface area (Å²) in [5.74, 6) is 0.100. The highest BCUT2D eigenvalue weighted by atomic mass is 16.2. The van der Waals surface area contributed by atoms with Crippen LogP contribution in [-0.4, -0.2) is 15.3 Å². The van der Waals surface area contributed by atoms with Gasteiger partial charge in [-0.3, -0.25) is 14.3 Å². The number of hydrogen-bond donors (Lipinski definition) is 1. The first kappa shape index (κ1) is 16.4. The van der Waals surface area contributed by atoms with Crippen LogP contribution < -0.4 is 10.9 Å². The summed E-state index contributed by atoms with van der Waals surface area (Å²) < 4.78 is 3.35. The van der Waals surface area contributed by atoms with Crippen LogP contribution in [0, 0.1) is 12.8 Å². The average Bonchev–Trinajstić information content (AvgIpc) is 3.44. The first-order valence-corrected chi connectivity index (χ1v) is 8.77. The second-order valence-corrected chi connectivity index (χ2v) is 6.79. The lowest BCUT2D eigenvalue weighted by atomic mass is 10.1. The van der Waals surface area contributed by atoms with Gasteiger partial charge in [-0.25, -0.2) is 4.68 Å². The molecule has 5 heteroatoms. The lowest BCUT2D eigenvalue weighted by Gasteiger charge is -2.07. The van der Waals surface area contributed by atoms with Gasteiger partial charge in [-0.1, -0.05) is 48.5 Å². The summed E-state index contributed by atoms with van der Waals surface area (Å²) in [6.45, 7) is 1.85. The van der Waals surface area contributed by atoms with Gasteiger partial charge in [0.25, 0.3) is 5.56 Å². The molecule has 132 valence electrons. The Morgan fingerprint density at radius 1 is 1.04 bits per heavy atom. The van der Waals surface area contributed by atoms with Crippen LogP contribution in [0.3, 0.4) is 0 Å². The molecule has 1 fully saturated rings. The molecule has 1 aliphatic carbocycles. The maximum absolute atomic E-state index is 12.9. The van der Waals surface area contributed by atoms with Gasteiger partial charge in [-0.2, -0.15) is 0 Å². The van der Waals surface area contributed by atoms with E-state index in [0.717, 1.165) is 17.8 Å². The van der Waals surface area contributed by atoms with E-state index in [9.17, 15) is 9.59 Å². The topological polar surface area (TPSA) is 56.0 Å². The van der Waals surface area contributed by atoms with Gasteiger partial charge in [-0.15, -0.1) is 0 Å². The summed E-state index contributed by atoms with van der Waals surface area (Å²) in [7, 11) is 1.82. The first-order chi connectivity index (χ1) is 12.6. The number of amides is 1. The molecule has 0 radical (unpaired) electrons. The van der Waals surface area contributed by atoms with Crippen molar-refractivity contribution in [2.45, 2.75) is 19.3 Å². The van der Waals surface area contributed by atoms with Crippen LogP contribution in [0.2, 0.25) is 0 Å². The Kier molecular flexibility index (Phi) is 3.99. The first-order valence-electron chi connectivity index (χ1n) is 8.77. The molecule has 4 rings (SSSR count). The summed E-state index contributed by atoms with van der Waals surface area (Å²) in [5.41, 5.74) is 2.85. The molecule has 0 spiro atoms. The second-order valence-electron chi connectivity index (χ2n) is 6.79. The van der Waals surface area contributed by atoms with E-state index in [-0.39, 0.29) is 23.3 Å². The van der Waals surface area contributed by atoms with E-state index >= 15 is 0 Å². The van der Waals surface area contributed by atoms with E-state index in [2.05, 4.69) is 5.32 Å². The molecule has 3 aromatic rings. The number of hydrogen-bond acceptors (Lipinski definition) is 2. The van der Waals surface area contributed by atoms with Crippen LogP contribution in [-0.2, 0) is 11.8 Å². The van der Waals surface area contributed by atoms with Crippen LogP contribution >= 0.6 is 0 Å². The van der Waals surface area contributed by atoms with E-state index in [4.69, 9.17) is 0 Å². The lowest BCUT2D eigenvalue weighted by molar-refractivity contribution is -0.117. The Hall–Kier alpha value is -3.08. The predicted octanol–water partition coefficient (Wildman–Crippen LogP) is 3.23. The number of carbonyl (C=O) groups excluding carboxylic acids is 1. The molecule has 1 aromatic heterocycles. The van der Waals surface area contributed by atoms with Crippen LogP contribution in [0.25, 0.3) is 5.69 Å². The van der Waals surface area contributed by atoms with E-state index in [1.165, 1.54) is 5.56 Å². The van der Waals surface area contributed by atoms with Crippen LogP contribution in [0.5, 0.6) is 0 Å².